The molecule has 1 saturated heterocycles. The minimum Gasteiger partial charge on any atom is -0.361 e. The van der Waals surface area contributed by atoms with Crippen LogP contribution in [0, 0.1) is 0 Å². The van der Waals surface area contributed by atoms with Gasteiger partial charge < -0.3 is 10.5 Å². The van der Waals surface area contributed by atoms with Gasteiger partial charge in [0.1, 0.15) is 14.1 Å². The summed E-state index contributed by atoms with van der Waals surface area (Å²) >= 11 is 0. The molecule has 1 aliphatic rings. The van der Waals surface area contributed by atoms with Crippen LogP contribution in [0.4, 0.5) is 0 Å². The second-order valence-electron chi connectivity index (χ2n) is 2.28. The molecule has 2 atom stereocenters. The van der Waals surface area contributed by atoms with Crippen molar-refractivity contribution in [1.82, 2.24) is 0 Å². The lowest BCUT2D eigenvalue weighted by Crippen LogP contribution is -2.19. The second-order valence-corrected chi connectivity index (χ2v) is 2.28. The molecule has 1 rings (SSSR count). The summed E-state index contributed by atoms with van der Waals surface area (Å²) in [6.45, 7) is 0. The van der Waals surface area contributed by atoms with Crippen LogP contribution in [-0.4, -0.2) is 20.2 Å². The van der Waals surface area contributed by atoms with Crippen LogP contribution in [-0.2, 0) is 4.74 Å². The monoisotopic (exact) mass is 113 g/mol. The molecule has 0 bridgehead atoms. The van der Waals surface area contributed by atoms with Crippen LogP contribution >= 0.6 is 0 Å². The van der Waals surface area contributed by atoms with Gasteiger partial charge in [-0.05, 0) is 12.8 Å². The third-order valence-corrected chi connectivity index (χ3v) is 1.60. The summed E-state index contributed by atoms with van der Waals surface area (Å²) in [5.74, 6) is 0. The van der Waals surface area contributed by atoms with Gasteiger partial charge in [-0.25, -0.2) is 0 Å². The molecule has 2 N–H and O–H groups in total. The topological polar surface area (TPSA) is 35.2 Å². The molecule has 0 spiro atoms. The molecule has 3 heteroatoms. The largest absolute Gasteiger partial charge is 0.361 e. The number of rotatable bonds is 1. The molecule has 0 amide bonds. The van der Waals surface area contributed by atoms with Gasteiger partial charge in [-0.15, -0.1) is 0 Å². The van der Waals surface area contributed by atoms with Gasteiger partial charge in [0.15, 0.2) is 0 Å². The maximum absolute atomic E-state index is 5.48. The van der Waals surface area contributed by atoms with Crippen molar-refractivity contribution < 1.29 is 4.74 Å². The van der Waals surface area contributed by atoms with Crippen molar-refractivity contribution in [2.24, 2.45) is 5.73 Å². The lowest BCUT2D eigenvalue weighted by atomic mass is 9.98. The molecular weight excluding hydrogens is 101 g/mol. The van der Waals surface area contributed by atoms with Gasteiger partial charge in [0.25, 0.3) is 0 Å². The Balaban J connectivity index is 2.22. The summed E-state index contributed by atoms with van der Waals surface area (Å²) < 4.78 is 5.29. The Bertz CT molecular complexity index is 78.8. The van der Waals surface area contributed by atoms with E-state index >= 15 is 0 Å². The van der Waals surface area contributed by atoms with Crippen LogP contribution in [0.5, 0.6) is 0 Å². The third-order valence-electron chi connectivity index (χ3n) is 1.60. The normalized spacial score (nSPS) is 38.1. The molecule has 1 fully saturated rings. The molecule has 0 radical (unpaired) electrons. The molecular formula is C5H12BNO. The number of ether oxygens (including phenoxy) is 1. The van der Waals surface area contributed by atoms with E-state index in [1.54, 1.807) is 0 Å². The van der Waals surface area contributed by atoms with Gasteiger partial charge in [-0.1, -0.05) is 6.32 Å². The highest BCUT2D eigenvalue weighted by molar-refractivity contribution is 6.08. The summed E-state index contributed by atoms with van der Waals surface area (Å²) in [5, 5.41) is 0. The first-order valence-corrected chi connectivity index (χ1v) is 3.24. The minimum absolute atomic E-state index is 0.0277. The van der Waals surface area contributed by atoms with Crippen LogP contribution in [0.25, 0.3) is 0 Å². The van der Waals surface area contributed by atoms with Gasteiger partial charge in [-0.2, -0.15) is 0 Å². The molecule has 2 unspecified atom stereocenters. The maximum Gasteiger partial charge on any atom is 0.106 e. The van der Waals surface area contributed by atoms with Gasteiger partial charge in [-0.3, -0.25) is 0 Å². The molecule has 0 aromatic rings. The first-order valence-electron chi connectivity index (χ1n) is 3.24. The van der Waals surface area contributed by atoms with Gasteiger partial charge in [0.05, 0.1) is 6.10 Å². The molecule has 0 aliphatic carbocycles. The molecule has 1 heterocycles. The Hall–Kier alpha value is -0.0151. The SMILES string of the molecule is BCC1CCC(N)O1. The van der Waals surface area contributed by atoms with Crippen molar-refractivity contribution in [2.75, 3.05) is 0 Å². The highest BCUT2D eigenvalue weighted by Gasteiger charge is 2.19. The molecule has 46 valence electrons. The van der Waals surface area contributed by atoms with E-state index in [1.165, 1.54) is 0 Å². The number of nitrogens with two attached hydrogens (primary N) is 1. The summed E-state index contributed by atoms with van der Waals surface area (Å²) in [4.78, 5) is 0. The van der Waals surface area contributed by atoms with E-state index in [2.05, 4.69) is 7.85 Å². The van der Waals surface area contributed by atoms with E-state index < -0.39 is 0 Å². The quantitative estimate of drug-likeness (QED) is 0.465. The van der Waals surface area contributed by atoms with Crippen LogP contribution in [0.1, 0.15) is 12.8 Å². The van der Waals surface area contributed by atoms with E-state index in [9.17, 15) is 0 Å². The zero-order valence-corrected chi connectivity index (χ0v) is 5.26. The van der Waals surface area contributed by atoms with E-state index in [1.807, 2.05) is 0 Å². The average Bonchev–Trinajstić information content (AvgIpc) is 2.14. The smallest absolute Gasteiger partial charge is 0.106 e. The third kappa shape index (κ3) is 1.23. The summed E-state index contributed by atoms with van der Waals surface area (Å²) in [7, 11) is 2.13. The zero-order valence-electron chi connectivity index (χ0n) is 5.26. The summed E-state index contributed by atoms with van der Waals surface area (Å²) in [6, 6.07) is 0. The van der Waals surface area contributed by atoms with Crippen molar-refractivity contribution in [1.29, 1.82) is 0 Å². The van der Waals surface area contributed by atoms with Crippen LogP contribution in [0.15, 0.2) is 0 Å². The van der Waals surface area contributed by atoms with Crippen LogP contribution in [0.2, 0.25) is 6.32 Å². The van der Waals surface area contributed by atoms with Crippen molar-refractivity contribution in [3.05, 3.63) is 0 Å². The average molecular weight is 113 g/mol. The molecule has 0 saturated carbocycles. The molecule has 0 aromatic carbocycles. The fourth-order valence-corrected chi connectivity index (χ4v) is 1.03. The van der Waals surface area contributed by atoms with Crippen LogP contribution in [0.3, 0.4) is 0 Å². The molecule has 0 aromatic heterocycles. The Morgan fingerprint density at radius 3 is 2.62 bits per heavy atom. The highest BCUT2D eigenvalue weighted by atomic mass is 16.5. The van der Waals surface area contributed by atoms with E-state index in [0.717, 1.165) is 19.2 Å². The summed E-state index contributed by atoms with van der Waals surface area (Å²) in [6.07, 6.45) is 3.77. The van der Waals surface area contributed by atoms with Crippen molar-refractivity contribution in [2.45, 2.75) is 31.5 Å². The van der Waals surface area contributed by atoms with E-state index in [0.29, 0.717) is 6.10 Å². The highest BCUT2D eigenvalue weighted by Crippen LogP contribution is 2.17. The Morgan fingerprint density at radius 1 is 1.62 bits per heavy atom. The van der Waals surface area contributed by atoms with E-state index in [4.69, 9.17) is 10.5 Å². The first kappa shape index (κ1) is 6.11. The van der Waals surface area contributed by atoms with Crippen molar-refractivity contribution >= 4 is 7.85 Å². The Kier molecular flexibility index (Phi) is 1.92. The maximum atomic E-state index is 5.48. The van der Waals surface area contributed by atoms with Gasteiger partial charge >= 0.3 is 0 Å². The lowest BCUT2D eigenvalue weighted by Gasteiger charge is -2.05. The predicted octanol–water partition coefficient (Wildman–Crippen LogP) is -0.498. The number of hydrogen-bond donors (Lipinski definition) is 1. The predicted molar refractivity (Wildman–Crippen MR) is 35.4 cm³/mol. The molecule has 8 heavy (non-hydrogen) atoms. The van der Waals surface area contributed by atoms with Gasteiger partial charge in [0.2, 0.25) is 0 Å². The Labute approximate surface area is 50.8 Å². The zero-order chi connectivity index (χ0) is 5.98. The summed E-state index contributed by atoms with van der Waals surface area (Å²) in [5.41, 5.74) is 5.48. The lowest BCUT2D eigenvalue weighted by molar-refractivity contribution is 0.0604. The first-order chi connectivity index (χ1) is 3.83. The Morgan fingerprint density at radius 2 is 2.38 bits per heavy atom. The minimum atomic E-state index is 0.0277. The standard InChI is InChI=1S/C5H12BNO/c6-3-4-1-2-5(7)8-4/h4-5H,1-3,6-7H2. The van der Waals surface area contributed by atoms with E-state index in [-0.39, 0.29) is 6.23 Å². The van der Waals surface area contributed by atoms with Crippen molar-refractivity contribution in [3.8, 4) is 0 Å². The molecule has 1 aliphatic heterocycles. The van der Waals surface area contributed by atoms with Crippen LogP contribution < -0.4 is 5.73 Å². The van der Waals surface area contributed by atoms with Crippen molar-refractivity contribution in [3.63, 3.8) is 0 Å². The number of hydrogen-bond acceptors (Lipinski definition) is 2. The van der Waals surface area contributed by atoms with Gasteiger partial charge in [0, 0.05) is 0 Å². The fourth-order valence-electron chi connectivity index (χ4n) is 1.03. The second kappa shape index (κ2) is 2.51. The molecule has 2 nitrogen and oxygen atoms in total. The fraction of sp³-hybridized carbons (Fsp3) is 1.00.